The molecule has 0 bridgehead atoms. The van der Waals surface area contributed by atoms with Gasteiger partial charge in [-0.3, -0.25) is 4.40 Å². The maximum Gasteiger partial charge on any atom is 0.306 e. The van der Waals surface area contributed by atoms with E-state index in [4.69, 9.17) is 21.0 Å². The predicted octanol–water partition coefficient (Wildman–Crippen LogP) is 5.41. The van der Waals surface area contributed by atoms with Crippen molar-refractivity contribution in [3.63, 3.8) is 0 Å². The van der Waals surface area contributed by atoms with Crippen LogP contribution in [0.2, 0.25) is 5.02 Å². The molecule has 0 radical (unpaired) electrons. The van der Waals surface area contributed by atoms with Crippen LogP contribution in [0.3, 0.4) is 0 Å². The Morgan fingerprint density at radius 3 is 2.68 bits per heavy atom. The molecule has 2 aromatic carbocycles. The molecule has 0 aliphatic carbocycles. The maximum atomic E-state index is 13.6. The molecule has 38 heavy (non-hydrogen) atoms. The van der Waals surface area contributed by atoms with E-state index < -0.39 is 9.71 Å². The van der Waals surface area contributed by atoms with Crippen LogP contribution >= 0.6 is 11.6 Å². The van der Waals surface area contributed by atoms with Crippen LogP contribution in [-0.4, -0.2) is 52.9 Å². The highest BCUT2D eigenvalue weighted by molar-refractivity contribution is 7.98. The molecule has 3 aromatic heterocycles. The Kier molecular flexibility index (Phi) is 6.38. The predicted molar refractivity (Wildman–Crippen MR) is 147 cm³/mol. The molecule has 1 saturated heterocycles. The van der Waals surface area contributed by atoms with E-state index >= 15 is 0 Å². The van der Waals surface area contributed by atoms with Crippen LogP contribution in [-0.2, 0) is 9.71 Å². The minimum atomic E-state index is -2.66. The first-order valence-electron chi connectivity index (χ1n) is 12.1. The van der Waals surface area contributed by atoms with Crippen molar-refractivity contribution in [3.8, 4) is 22.6 Å². The van der Waals surface area contributed by atoms with Crippen molar-refractivity contribution in [1.82, 2.24) is 23.7 Å². The molecule has 11 heteroatoms. The number of hydrogen-bond donors (Lipinski definition) is 1. The van der Waals surface area contributed by atoms with Gasteiger partial charge in [0.15, 0.2) is 0 Å². The van der Waals surface area contributed by atoms with Crippen molar-refractivity contribution < 1.29 is 13.0 Å². The number of hydrogen-bond acceptors (Lipinski definition) is 6. The number of imidazole rings is 1. The Balaban J connectivity index is 1.27. The second-order valence-electron chi connectivity index (χ2n) is 9.10. The first kappa shape index (κ1) is 24.6. The summed E-state index contributed by atoms with van der Waals surface area (Å²) in [5.41, 5.74) is 2.70. The molecule has 4 heterocycles. The number of aromatic nitrogens is 4. The molecule has 194 valence electrons. The Morgan fingerprint density at radius 2 is 1.89 bits per heavy atom. The Labute approximate surface area is 224 Å². The molecule has 1 aliphatic heterocycles. The number of rotatable bonds is 6. The molecule has 1 aliphatic rings. The van der Waals surface area contributed by atoms with Crippen molar-refractivity contribution in [2.75, 3.05) is 18.4 Å². The molecular weight excluding hydrogens is 527 g/mol. The van der Waals surface area contributed by atoms with Gasteiger partial charge >= 0.3 is 5.84 Å². The third-order valence-corrected chi connectivity index (χ3v) is 9.02. The Bertz CT molecular complexity index is 1700. The SMILES string of the molecule is C=S(=O)(c1ccc(Cl)cc1)N1CCCC(Nc2nccc(-c3c(-c4ccc(F)cc4)nc4occn34)n2)C1. The lowest BCUT2D eigenvalue weighted by molar-refractivity contribution is 0.341. The number of nitrogens with zero attached hydrogens (tertiary/aromatic N) is 5. The Morgan fingerprint density at radius 1 is 1.11 bits per heavy atom. The summed E-state index contributed by atoms with van der Waals surface area (Å²) in [6.45, 7) is 1.21. The summed E-state index contributed by atoms with van der Waals surface area (Å²) in [4.78, 5) is 14.5. The fourth-order valence-corrected chi connectivity index (χ4v) is 6.54. The number of benzene rings is 2. The number of anilines is 1. The largest absolute Gasteiger partial charge is 0.432 e. The van der Waals surface area contributed by atoms with Crippen LogP contribution in [0.5, 0.6) is 0 Å². The molecular formula is C27H24ClFN6O2S. The van der Waals surface area contributed by atoms with Crippen LogP contribution in [0.1, 0.15) is 12.8 Å². The van der Waals surface area contributed by atoms with E-state index in [1.54, 1.807) is 65.5 Å². The molecule has 0 amide bonds. The van der Waals surface area contributed by atoms with Crippen LogP contribution in [0, 0.1) is 5.82 Å². The third-order valence-electron chi connectivity index (χ3n) is 6.59. The second-order valence-corrected chi connectivity index (χ2v) is 11.8. The van der Waals surface area contributed by atoms with Crippen LogP contribution in [0.4, 0.5) is 10.3 Å². The van der Waals surface area contributed by atoms with E-state index in [9.17, 15) is 8.60 Å². The van der Waals surface area contributed by atoms with Crippen molar-refractivity contribution in [2.45, 2.75) is 23.8 Å². The van der Waals surface area contributed by atoms with Crippen molar-refractivity contribution in [3.05, 3.63) is 84.1 Å². The molecule has 1 fully saturated rings. The van der Waals surface area contributed by atoms with Crippen LogP contribution in [0.25, 0.3) is 28.5 Å². The standard InChI is InChI=1S/C27H24ClFN6O2S/c1-38(36,22-10-6-19(28)7-11-22)34-14-2-3-21(17-34)31-26-30-13-12-23(32-26)25-24(18-4-8-20(29)9-5-18)33-27-35(25)15-16-37-27/h4-13,15-16,21H,1-3,14,17H2,(H,30,31,32). The highest BCUT2D eigenvalue weighted by Gasteiger charge is 2.27. The zero-order chi connectivity index (χ0) is 26.3. The summed E-state index contributed by atoms with van der Waals surface area (Å²) in [5.74, 6) is 4.59. The van der Waals surface area contributed by atoms with E-state index in [1.807, 2.05) is 4.31 Å². The summed E-state index contributed by atoms with van der Waals surface area (Å²) in [6.07, 6.45) is 6.72. The van der Waals surface area contributed by atoms with Gasteiger partial charge in [-0.25, -0.2) is 22.9 Å². The van der Waals surface area contributed by atoms with Gasteiger partial charge in [-0.05, 0) is 73.3 Å². The smallest absolute Gasteiger partial charge is 0.306 e. The second kappa shape index (κ2) is 9.86. The van der Waals surface area contributed by atoms with E-state index in [1.165, 1.54) is 12.1 Å². The van der Waals surface area contributed by atoms with Crippen molar-refractivity contribution >= 4 is 39.0 Å². The van der Waals surface area contributed by atoms with Crippen molar-refractivity contribution in [2.24, 2.45) is 0 Å². The molecule has 2 atom stereocenters. The van der Waals surface area contributed by atoms with Crippen LogP contribution in [0.15, 0.2) is 82.6 Å². The average molecular weight is 551 g/mol. The molecule has 8 nitrogen and oxygen atoms in total. The molecule has 0 saturated carbocycles. The summed E-state index contributed by atoms with van der Waals surface area (Å²) >= 11 is 6.01. The number of nitrogens with one attached hydrogen (secondary N) is 1. The first-order chi connectivity index (χ1) is 18.4. The number of fused-ring (bicyclic) bond motifs is 1. The van der Waals surface area contributed by atoms with E-state index in [2.05, 4.69) is 21.2 Å². The number of halogens is 2. The summed E-state index contributed by atoms with van der Waals surface area (Å²) in [5, 5.41) is 4.00. The Hall–Kier alpha value is -3.73. The van der Waals surface area contributed by atoms with Gasteiger partial charge in [0.1, 0.15) is 23.5 Å². The first-order valence-corrected chi connectivity index (χ1v) is 14.1. The average Bonchev–Trinajstić information content (AvgIpc) is 3.51. The summed E-state index contributed by atoms with van der Waals surface area (Å²) < 4.78 is 36.4. The normalized spacial score (nSPS) is 17.9. The van der Waals surface area contributed by atoms with Gasteiger partial charge in [-0.2, -0.15) is 4.98 Å². The van der Waals surface area contributed by atoms with Gasteiger partial charge in [0.2, 0.25) is 5.95 Å². The lowest BCUT2D eigenvalue weighted by Gasteiger charge is -2.35. The summed E-state index contributed by atoms with van der Waals surface area (Å²) in [7, 11) is -2.66. The fraction of sp³-hybridized carbons (Fsp3) is 0.185. The van der Waals surface area contributed by atoms with Gasteiger partial charge in [-0.15, -0.1) is 0 Å². The van der Waals surface area contributed by atoms with Gasteiger partial charge in [0, 0.05) is 47.0 Å². The van der Waals surface area contributed by atoms with Gasteiger partial charge < -0.3 is 9.73 Å². The molecule has 1 N–H and O–H groups in total. The molecule has 5 aromatic rings. The van der Waals surface area contributed by atoms with Gasteiger partial charge in [0.05, 0.1) is 15.4 Å². The third kappa shape index (κ3) is 4.66. The van der Waals surface area contributed by atoms with Crippen molar-refractivity contribution in [1.29, 1.82) is 0 Å². The van der Waals surface area contributed by atoms with Gasteiger partial charge in [0.25, 0.3) is 0 Å². The highest BCUT2D eigenvalue weighted by Crippen LogP contribution is 2.33. The minimum Gasteiger partial charge on any atom is -0.432 e. The number of piperidine rings is 1. The number of oxazole rings is 1. The fourth-order valence-electron chi connectivity index (χ4n) is 4.71. The zero-order valence-electron chi connectivity index (χ0n) is 20.3. The maximum absolute atomic E-state index is 13.6. The minimum absolute atomic E-state index is 0.0233. The van der Waals surface area contributed by atoms with Crippen LogP contribution < -0.4 is 5.32 Å². The lowest BCUT2D eigenvalue weighted by Crippen LogP contribution is -2.45. The highest BCUT2D eigenvalue weighted by atomic mass is 35.5. The zero-order valence-corrected chi connectivity index (χ0v) is 21.8. The van der Waals surface area contributed by atoms with E-state index in [0.29, 0.717) is 51.9 Å². The monoisotopic (exact) mass is 550 g/mol. The molecule has 0 spiro atoms. The topological polar surface area (TPSA) is 88.6 Å². The quantitative estimate of drug-likeness (QED) is 0.284. The van der Waals surface area contributed by atoms with E-state index in [0.717, 1.165) is 18.4 Å². The van der Waals surface area contributed by atoms with E-state index in [-0.39, 0.29) is 11.9 Å². The molecule has 2 unspecified atom stereocenters. The molecule has 6 rings (SSSR count). The van der Waals surface area contributed by atoms with Gasteiger partial charge in [-0.1, -0.05) is 11.6 Å². The summed E-state index contributed by atoms with van der Waals surface area (Å²) in [6, 6.07) is 14.9. The lowest BCUT2D eigenvalue weighted by atomic mass is 10.1.